The summed E-state index contributed by atoms with van der Waals surface area (Å²) >= 11 is 0. The van der Waals surface area contributed by atoms with Gasteiger partial charge in [0.15, 0.2) is 5.82 Å². The van der Waals surface area contributed by atoms with Crippen LogP contribution in [0, 0.1) is 0 Å². The molecule has 2 aromatic heterocycles. The summed E-state index contributed by atoms with van der Waals surface area (Å²) in [4.78, 5) is 11.8. The Morgan fingerprint density at radius 2 is 2.29 bits per heavy atom. The van der Waals surface area contributed by atoms with Crippen molar-refractivity contribution in [2.75, 3.05) is 25.8 Å². The molecule has 0 fully saturated rings. The molecule has 0 aliphatic carbocycles. The van der Waals surface area contributed by atoms with Gasteiger partial charge in [-0.25, -0.2) is 9.97 Å². The first kappa shape index (κ1) is 11.8. The summed E-state index contributed by atoms with van der Waals surface area (Å²) in [6, 6.07) is 1.95. The zero-order valence-corrected chi connectivity index (χ0v) is 9.99. The fourth-order valence-corrected chi connectivity index (χ4v) is 1.57. The normalized spacial score (nSPS) is 10.9. The van der Waals surface area contributed by atoms with Crippen molar-refractivity contribution in [3.8, 4) is 0 Å². The van der Waals surface area contributed by atoms with Gasteiger partial charge < -0.3 is 19.8 Å². The van der Waals surface area contributed by atoms with Gasteiger partial charge in [-0.15, -0.1) is 0 Å². The molecule has 2 heterocycles. The number of aromatic amines is 1. The zero-order chi connectivity index (χ0) is 12.1. The molecule has 6 heteroatoms. The van der Waals surface area contributed by atoms with Crippen LogP contribution in [-0.4, -0.2) is 35.4 Å². The Labute approximate surface area is 99.4 Å². The highest BCUT2D eigenvalue weighted by atomic mass is 16.7. The Morgan fingerprint density at radius 3 is 3.06 bits per heavy atom. The van der Waals surface area contributed by atoms with E-state index >= 15 is 0 Å². The van der Waals surface area contributed by atoms with Gasteiger partial charge in [0.05, 0.1) is 5.39 Å². The summed E-state index contributed by atoms with van der Waals surface area (Å²) in [6.45, 7) is 3.42. The molecule has 2 rings (SSSR count). The smallest absolute Gasteiger partial charge is 0.158 e. The monoisotopic (exact) mass is 236 g/mol. The lowest BCUT2D eigenvalue weighted by Gasteiger charge is -2.07. The van der Waals surface area contributed by atoms with Crippen LogP contribution >= 0.6 is 0 Å². The van der Waals surface area contributed by atoms with E-state index in [0.29, 0.717) is 12.4 Å². The second-order valence-corrected chi connectivity index (χ2v) is 3.51. The minimum atomic E-state index is 0.239. The molecule has 0 amide bonds. The van der Waals surface area contributed by atoms with Gasteiger partial charge in [-0.2, -0.15) is 0 Å². The lowest BCUT2D eigenvalue weighted by atomic mass is 10.3. The van der Waals surface area contributed by atoms with Gasteiger partial charge in [-0.05, 0) is 13.0 Å². The molecule has 0 atom stereocenters. The summed E-state index contributed by atoms with van der Waals surface area (Å²) in [6.07, 6.45) is 1.85. The average Bonchev–Trinajstić information content (AvgIpc) is 2.78. The largest absolute Gasteiger partial charge is 0.370 e. The van der Waals surface area contributed by atoms with Crippen molar-refractivity contribution in [1.29, 1.82) is 0 Å². The molecule has 2 aromatic rings. The minimum Gasteiger partial charge on any atom is -0.370 e. The topological polar surface area (TPSA) is 72.1 Å². The predicted molar refractivity (Wildman–Crippen MR) is 64.7 cm³/mol. The highest BCUT2D eigenvalue weighted by Gasteiger charge is 2.07. The molecular weight excluding hydrogens is 220 g/mol. The predicted octanol–water partition coefficient (Wildman–Crippen LogP) is 1.51. The van der Waals surface area contributed by atoms with Crippen molar-refractivity contribution in [3.05, 3.63) is 18.1 Å². The van der Waals surface area contributed by atoms with Gasteiger partial charge >= 0.3 is 0 Å². The number of methoxy groups -OCH3 is 1. The zero-order valence-electron chi connectivity index (χ0n) is 9.99. The van der Waals surface area contributed by atoms with E-state index in [2.05, 4.69) is 20.3 Å². The standard InChI is InChI=1S/C11H16N4O2/c1-3-12-10-8-4-5-13-11(8)15-9(14-10)6-17-7-16-2/h4-5H,3,6-7H2,1-2H3,(H2,12,13,14,15). The van der Waals surface area contributed by atoms with Crippen LogP contribution in [0.3, 0.4) is 0 Å². The van der Waals surface area contributed by atoms with E-state index in [4.69, 9.17) is 9.47 Å². The maximum absolute atomic E-state index is 5.24. The van der Waals surface area contributed by atoms with Crippen LogP contribution in [0.5, 0.6) is 0 Å². The molecule has 0 spiro atoms. The van der Waals surface area contributed by atoms with Gasteiger partial charge in [0, 0.05) is 19.9 Å². The van der Waals surface area contributed by atoms with Crippen LogP contribution < -0.4 is 5.32 Å². The molecule has 0 bridgehead atoms. The number of rotatable bonds is 6. The summed E-state index contributed by atoms with van der Waals surface area (Å²) in [7, 11) is 1.58. The molecular formula is C11H16N4O2. The molecule has 6 nitrogen and oxygen atoms in total. The maximum Gasteiger partial charge on any atom is 0.158 e. The Morgan fingerprint density at radius 1 is 1.41 bits per heavy atom. The van der Waals surface area contributed by atoms with Gasteiger partial charge in [-0.1, -0.05) is 0 Å². The average molecular weight is 236 g/mol. The summed E-state index contributed by atoms with van der Waals surface area (Å²) in [5.41, 5.74) is 0.812. The third-order valence-electron chi connectivity index (χ3n) is 2.24. The lowest BCUT2D eigenvalue weighted by molar-refractivity contribution is -0.0411. The Balaban J connectivity index is 2.24. The van der Waals surface area contributed by atoms with E-state index in [0.717, 1.165) is 23.4 Å². The van der Waals surface area contributed by atoms with Crippen molar-refractivity contribution in [2.24, 2.45) is 0 Å². The van der Waals surface area contributed by atoms with E-state index in [9.17, 15) is 0 Å². The number of anilines is 1. The van der Waals surface area contributed by atoms with Gasteiger partial charge in [0.1, 0.15) is 24.9 Å². The molecule has 0 saturated carbocycles. The second kappa shape index (κ2) is 5.60. The van der Waals surface area contributed by atoms with E-state index in [1.165, 1.54) is 0 Å². The molecule has 0 unspecified atom stereocenters. The third kappa shape index (κ3) is 2.72. The van der Waals surface area contributed by atoms with Crippen LogP contribution in [0.4, 0.5) is 5.82 Å². The molecule has 0 aliphatic rings. The van der Waals surface area contributed by atoms with Crippen molar-refractivity contribution in [3.63, 3.8) is 0 Å². The number of ether oxygens (including phenoxy) is 2. The molecule has 0 radical (unpaired) electrons. The van der Waals surface area contributed by atoms with Crippen LogP contribution in [0.2, 0.25) is 0 Å². The van der Waals surface area contributed by atoms with E-state index in [1.807, 2.05) is 19.2 Å². The summed E-state index contributed by atoms with van der Waals surface area (Å²) in [5, 5.41) is 4.20. The van der Waals surface area contributed by atoms with Gasteiger partial charge in [0.25, 0.3) is 0 Å². The number of aromatic nitrogens is 3. The van der Waals surface area contributed by atoms with E-state index in [-0.39, 0.29) is 6.79 Å². The fourth-order valence-electron chi connectivity index (χ4n) is 1.57. The van der Waals surface area contributed by atoms with E-state index < -0.39 is 0 Å². The molecule has 2 N–H and O–H groups in total. The second-order valence-electron chi connectivity index (χ2n) is 3.51. The fraction of sp³-hybridized carbons (Fsp3) is 0.455. The van der Waals surface area contributed by atoms with Crippen LogP contribution in [0.25, 0.3) is 11.0 Å². The van der Waals surface area contributed by atoms with Crippen LogP contribution in [0.1, 0.15) is 12.7 Å². The molecule has 0 aliphatic heterocycles. The first-order valence-corrected chi connectivity index (χ1v) is 5.49. The van der Waals surface area contributed by atoms with E-state index in [1.54, 1.807) is 7.11 Å². The Bertz CT molecular complexity index is 483. The highest BCUT2D eigenvalue weighted by molar-refractivity contribution is 5.86. The first-order valence-electron chi connectivity index (χ1n) is 5.49. The number of nitrogens with one attached hydrogen (secondary N) is 2. The third-order valence-corrected chi connectivity index (χ3v) is 2.24. The Hall–Kier alpha value is -1.66. The number of nitrogens with zero attached hydrogens (tertiary/aromatic N) is 2. The van der Waals surface area contributed by atoms with Crippen LogP contribution in [0.15, 0.2) is 12.3 Å². The molecule has 17 heavy (non-hydrogen) atoms. The van der Waals surface area contributed by atoms with Crippen LogP contribution in [-0.2, 0) is 16.1 Å². The minimum absolute atomic E-state index is 0.239. The molecule has 92 valence electrons. The molecule has 0 saturated heterocycles. The van der Waals surface area contributed by atoms with Crippen molar-refractivity contribution < 1.29 is 9.47 Å². The lowest BCUT2D eigenvalue weighted by Crippen LogP contribution is -2.06. The Kier molecular flexibility index (Phi) is 3.89. The summed E-state index contributed by atoms with van der Waals surface area (Å²) < 4.78 is 10.1. The number of H-pyrrole nitrogens is 1. The highest BCUT2D eigenvalue weighted by Crippen LogP contribution is 2.19. The maximum atomic E-state index is 5.24. The SMILES string of the molecule is CCNc1nc(COCOC)nc2[nH]ccc12. The number of fused-ring (bicyclic) bond motifs is 1. The number of hydrogen-bond acceptors (Lipinski definition) is 5. The quantitative estimate of drug-likeness (QED) is 0.587. The number of hydrogen-bond donors (Lipinski definition) is 2. The van der Waals surface area contributed by atoms with Crippen molar-refractivity contribution >= 4 is 16.9 Å². The molecule has 0 aromatic carbocycles. The van der Waals surface area contributed by atoms with Gasteiger partial charge in [-0.3, -0.25) is 0 Å². The van der Waals surface area contributed by atoms with Crippen molar-refractivity contribution in [2.45, 2.75) is 13.5 Å². The first-order chi connectivity index (χ1) is 8.35. The van der Waals surface area contributed by atoms with Gasteiger partial charge in [0.2, 0.25) is 0 Å². The summed E-state index contributed by atoms with van der Waals surface area (Å²) in [5.74, 6) is 1.46. The van der Waals surface area contributed by atoms with Crippen molar-refractivity contribution in [1.82, 2.24) is 15.0 Å².